The van der Waals surface area contributed by atoms with Gasteiger partial charge in [-0.05, 0) is 60.7 Å². The minimum Gasteiger partial charge on any atom is -0.495 e. The summed E-state index contributed by atoms with van der Waals surface area (Å²) in [4.78, 5) is 13.3. The first-order valence-corrected chi connectivity index (χ1v) is 8.90. The van der Waals surface area contributed by atoms with E-state index in [0.29, 0.717) is 22.2 Å². The van der Waals surface area contributed by atoms with Crippen molar-refractivity contribution in [1.82, 2.24) is 0 Å². The van der Waals surface area contributed by atoms with Gasteiger partial charge in [0.15, 0.2) is 0 Å². The highest BCUT2D eigenvalue weighted by Gasteiger charge is 2.12. The Balaban J connectivity index is 1.61. The Kier molecular flexibility index (Phi) is 5.13. The molecule has 120 valence electrons. The summed E-state index contributed by atoms with van der Waals surface area (Å²) >= 11 is 7.52. The van der Waals surface area contributed by atoms with Crippen LogP contribution in [0.4, 0.5) is 5.69 Å². The fourth-order valence-electron chi connectivity index (χ4n) is 2.75. The predicted octanol–water partition coefficient (Wildman–Crippen LogP) is 4.57. The van der Waals surface area contributed by atoms with Gasteiger partial charge in [-0.15, -0.1) is 11.8 Å². The average molecular weight is 348 g/mol. The molecule has 2 aromatic carbocycles. The van der Waals surface area contributed by atoms with E-state index in [-0.39, 0.29) is 5.91 Å². The lowest BCUT2D eigenvalue weighted by Gasteiger charge is -2.10. The number of ether oxygens (including phenoxy) is 1. The molecule has 0 heterocycles. The summed E-state index contributed by atoms with van der Waals surface area (Å²) in [6.07, 6.45) is 3.56. The smallest absolute Gasteiger partial charge is 0.234 e. The summed E-state index contributed by atoms with van der Waals surface area (Å²) < 4.78 is 5.23. The Hall–Kier alpha value is -1.65. The van der Waals surface area contributed by atoms with Crippen LogP contribution >= 0.6 is 23.4 Å². The van der Waals surface area contributed by atoms with Gasteiger partial charge in [-0.25, -0.2) is 0 Å². The lowest BCUT2D eigenvalue weighted by atomic mass is 10.1. The standard InChI is InChI=1S/C18H18ClNO2S/c1-22-17-8-6-14(19)10-16(17)20-18(21)11-23-15-7-5-12-3-2-4-13(12)9-15/h5-10H,2-4,11H2,1H3,(H,20,21). The zero-order valence-electron chi connectivity index (χ0n) is 12.9. The highest BCUT2D eigenvalue weighted by Crippen LogP contribution is 2.29. The monoisotopic (exact) mass is 347 g/mol. The number of hydrogen-bond donors (Lipinski definition) is 1. The average Bonchev–Trinajstić information content (AvgIpc) is 3.01. The summed E-state index contributed by atoms with van der Waals surface area (Å²) in [5.41, 5.74) is 3.47. The van der Waals surface area contributed by atoms with Crippen LogP contribution in [0.15, 0.2) is 41.3 Å². The van der Waals surface area contributed by atoms with Gasteiger partial charge in [0.05, 0.1) is 18.6 Å². The van der Waals surface area contributed by atoms with Crippen LogP contribution in [0.5, 0.6) is 5.75 Å². The SMILES string of the molecule is COc1ccc(Cl)cc1NC(=O)CSc1ccc2c(c1)CCC2. The normalized spacial score (nSPS) is 12.8. The Morgan fingerprint density at radius 1 is 1.22 bits per heavy atom. The zero-order valence-corrected chi connectivity index (χ0v) is 14.5. The number of halogens is 1. The number of benzene rings is 2. The van der Waals surface area contributed by atoms with E-state index >= 15 is 0 Å². The largest absolute Gasteiger partial charge is 0.495 e. The zero-order chi connectivity index (χ0) is 16.2. The van der Waals surface area contributed by atoms with Gasteiger partial charge >= 0.3 is 0 Å². The molecular formula is C18H18ClNO2S. The lowest BCUT2D eigenvalue weighted by molar-refractivity contribution is -0.113. The summed E-state index contributed by atoms with van der Waals surface area (Å²) in [5.74, 6) is 0.885. The number of hydrogen-bond acceptors (Lipinski definition) is 3. The molecule has 0 saturated carbocycles. The van der Waals surface area contributed by atoms with Crippen molar-refractivity contribution >= 4 is 35.0 Å². The predicted molar refractivity (Wildman–Crippen MR) is 95.8 cm³/mol. The fourth-order valence-corrected chi connectivity index (χ4v) is 3.68. The van der Waals surface area contributed by atoms with Gasteiger partial charge in [0.2, 0.25) is 5.91 Å². The van der Waals surface area contributed by atoms with Crippen LogP contribution in [-0.2, 0) is 17.6 Å². The molecular weight excluding hydrogens is 330 g/mol. The number of carbonyl (C=O) groups is 1. The van der Waals surface area contributed by atoms with Gasteiger partial charge in [-0.2, -0.15) is 0 Å². The minimum absolute atomic E-state index is 0.0731. The third-order valence-corrected chi connectivity index (χ3v) is 5.10. The van der Waals surface area contributed by atoms with Crippen molar-refractivity contribution in [3.05, 3.63) is 52.5 Å². The number of amides is 1. The first-order valence-electron chi connectivity index (χ1n) is 7.54. The molecule has 0 unspecified atom stereocenters. The van der Waals surface area contributed by atoms with E-state index in [2.05, 4.69) is 23.5 Å². The van der Waals surface area contributed by atoms with Gasteiger partial charge in [0, 0.05) is 9.92 Å². The number of nitrogens with one attached hydrogen (secondary N) is 1. The molecule has 0 radical (unpaired) electrons. The molecule has 1 aliphatic rings. The summed E-state index contributed by atoms with van der Waals surface area (Å²) in [6, 6.07) is 11.7. The third kappa shape index (κ3) is 4.01. The van der Waals surface area contributed by atoms with Crippen molar-refractivity contribution in [2.75, 3.05) is 18.2 Å². The molecule has 0 fully saturated rings. The fraction of sp³-hybridized carbons (Fsp3) is 0.278. The van der Waals surface area contributed by atoms with Crippen molar-refractivity contribution in [2.45, 2.75) is 24.2 Å². The van der Waals surface area contributed by atoms with Crippen molar-refractivity contribution in [1.29, 1.82) is 0 Å². The third-order valence-electron chi connectivity index (χ3n) is 3.88. The van der Waals surface area contributed by atoms with Gasteiger partial charge in [0.1, 0.15) is 5.75 Å². The molecule has 3 nitrogen and oxygen atoms in total. The van der Waals surface area contributed by atoms with E-state index < -0.39 is 0 Å². The Bertz CT molecular complexity index is 733. The van der Waals surface area contributed by atoms with Crippen LogP contribution in [0.1, 0.15) is 17.5 Å². The van der Waals surface area contributed by atoms with E-state index in [1.165, 1.54) is 24.0 Å². The highest BCUT2D eigenvalue weighted by molar-refractivity contribution is 8.00. The molecule has 5 heteroatoms. The van der Waals surface area contributed by atoms with E-state index in [4.69, 9.17) is 16.3 Å². The summed E-state index contributed by atoms with van der Waals surface area (Å²) in [7, 11) is 1.57. The number of fused-ring (bicyclic) bond motifs is 1. The Morgan fingerprint density at radius 2 is 2.04 bits per heavy atom. The summed E-state index contributed by atoms with van der Waals surface area (Å²) in [5, 5.41) is 3.42. The summed E-state index contributed by atoms with van der Waals surface area (Å²) in [6.45, 7) is 0. The topological polar surface area (TPSA) is 38.3 Å². The number of thioether (sulfide) groups is 1. The maximum absolute atomic E-state index is 12.2. The quantitative estimate of drug-likeness (QED) is 0.805. The molecule has 23 heavy (non-hydrogen) atoms. The molecule has 1 aliphatic carbocycles. The minimum atomic E-state index is -0.0731. The second-order valence-electron chi connectivity index (χ2n) is 5.47. The molecule has 1 amide bonds. The molecule has 1 N–H and O–H groups in total. The number of rotatable bonds is 5. The molecule has 0 aliphatic heterocycles. The molecule has 0 spiro atoms. The maximum atomic E-state index is 12.2. The van der Waals surface area contributed by atoms with Gasteiger partial charge in [0.25, 0.3) is 0 Å². The van der Waals surface area contributed by atoms with Crippen LogP contribution in [0.25, 0.3) is 0 Å². The van der Waals surface area contributed by atoms with E-state index in [1.807, 2.05) is 0 Å². The molecule has 0 atom stereocenters. The Morgan fingerprint density at radius 3 is 2.87 bits per heavy atom. The second kappa shape index (κ2) is 7.28. The van der Waals surface area contributed by atoms with Crippen molar-refractivity contribution < 1.29 is 9.53 Å². The number of anilines is 1. The first kappa shape index (κ1) is 16.2. The molecule has 0 saturated heterocycles. The van der Waals surface area contributed by atoms with E-state index in [0.717, 1.165) is 11.3 Å². The van der Waals surface area contributed by atoms with Gasteiger partial charge in [-0.3, -0.25) is 4.79 Å². The van der Waals surface area contributed by atoms with Crippen LogP contribution in [0.3, 0.4) is 0 Å². The maximum Gasteiger partial charge on any atom is 0.234 e. The number of methoxy groups -OCH3 is 1. The van der Waals surface area contributed by atoms with Gasteiger partial charge in [-0.1, -0.05) is 17.7 Å². The molecule has 3 rings (SSSR count). The van der Waals surface area contributed by atoms with E-state index in [1.54, 1.807) is 37.1 Å². The number of aryl methyl sites for hydroxylation is 2. The molecule has 2 aromatic rings. The second-order valence-corrected chi connectivity index (χ2v) is 6.95. The molecule has 0 aromatic heterocycles. The van der Waals surface area contributed by atoms with Crippen molar-refractivity contribution in [2.24, 2.45) is 0 Å². The van der Waals surface area contributed by atoms with Crippen LogP contribution in [-0.4, -0.2) is 18.8 Å². The van der Waals surface area contributed by atoms with E-state index in [9.17, 15) is 4.79 Å². The first-order chi connectivity index (χ1) is 11.2. The van der Waals surface area contributed by atoms with Crippen LogP contribution in [0.2, 0.25) is 5.02 Å². The van der Waals surface area contributed by atoms with Gasteiger partial charge < -0.3 is 10.1 Å². The molecule has 0 bridgehead atoms. The Labute approximate surface area is 145 Å². The van der Waals surface area contributed by atoms with Crippen LogP contribution in [0, 0.1) is 0 Å². The van der Waals surface area contributed by atoms with Crippen LogP contribution < -0.4 is 10.1 Å². The highest BCUT2D eigenvalue weighted by atomic mass is 35.5. The lowest BCUT2D eigenvalue weighted by Crippen LogP contribution is -2.14. The van der Waals surface area contributed by atoms with Crippen molar-refractivity contribution in [3.8, 4) is 5.75 Å². The van der Waals surface area contributed by atoms with Crippen molar-refractivity contribution in [3.63, 3.8) is 0 Å². The number of carbonyl (C=O) groups excluding carboxylic acids is 1.